The first-order valence-corrected chi connectivity index (χ1v) is 23.8. The molecule has 9 nitrogen and oxygen atoms in total. The summed E-state index contributed by atoms with van der Waals surface area (Å²) in [4.78, 5) is 47.7. The minimum Gasteiger partial charge on any atom is -0.480 e. The maximum Gasteiger partial charge on any atom is 0.328 e. The van der Waals surface area contributed by atoms with Crippen LogP contribution in [0.5, 0.6) is 0 Å². The first-order valence-electron chi connectivity index (χ1n) is 23.8. The number of hydrogen-bond donors (Lipinski definition) is 4. The van der Waals surface area contributed by atoms with Crippen molar-refractivity contribution in [3.63, 3.8) is 0 Å². The highest BCUT2D eigenvalue weighted by Crippen LogP contribution is 2.17. The summed E-state index contributed by atoms with van der Waals surface area (Å²) in [6, 6.07) is -1.39. The number of aliphatic hydroxyl groups excluding tert-OH is 1. The molecule has 0 saturated heterocycles. The first-order chi connectivity index (χ1) is 29.3. The number of amides is 2. The average molecular weight is 839 g/mol. The number of carboxylic acids is 1. The minimum atomic E-state index is -1.39. The van der Waals surface area contributed by atoms with Crippen LogP contribution in [-0.2, 0) is 23.9 Å². The van der Waals surface area contributed by atoms with Crippen molar-refractivity contribution in [3.8, 4) is 0 Å². The van der Waals surface area contributed by atoms with Gasteiger partial charge in [0.2, 0.25) is 11.8 Å². The summed E-state index contributed by atoms with van der Waals surface area (Å²) in [7, 11) is 0. The van der Waals surface area contributed by atoms with Crippen LogP contribution in [0.1, 0.15) is 200 Å². The van der Waals surface area contributed by atoms with Crippen LogP contribution in [0.2, 0.25) is 0 Å². The van der Waals surface area contributed by atoms with Gasteiger partial charge in [-0.2, -0.15) is 0 Å². The van der Waals surface area contributed by atoms with Crippen LogP contribution < -0.4 is 10.6 Å². The van der Waals surface area contributed by atoms with E-state index in [4.69, 9.17) is 14.9 Å². The Balaban J connectivity index is 4.39. The fraction of sp³-hybridized carbons (Fsp3) is 0.686. The molecule has 60 heavy (non-hydrogen) atoms. The summed E-state index contributed by atoms with van der Waals surface area (Å²) in [5, 5.41) is 22.6. The molecule has 4 N–H and O–H groups in total. The number of aliphatic carboxylic acids is 1. The molecule has 342 valence electrons. The first kappa shape index (κ1) is 56.3. The summed E-state index contributed by atoms with van der Waals surface area (Å²) >= 11 is 0. The number of hydrogen-bond acceptors (Lipinski definition) is 6. The number of carbonyl (C=O) groups is 4. The standard InChI is InChI=1S/C51H86N2O7/c1-3-5-7-9-11-13-15-17-18-19-20-21-22-24-26-28-30-35-39-43-50(57)60-46(40-36-32-29-27-25-23-16-14-12-10-8-6-4-2)41-37-33-31-34-38-42-48(55)52-44-49(56)53-47(45-54)51(58)59/h6,8,11-14,17-18,23,25,29,32,46-47,54H,3-5,7,9-10,15-16,19-22,24,26-28,30-31,33-45H2,1-2H3,(H,52,55)(H,53,56)(H,58,59)/b8-6-,13-11-,14-12-,18-17-,25-23-,32-29-. The number of ether oxygens (including phenoxy) is 1. The Morgan fingerprint density at radius 2 is 0.983 bits per heavy atom. The third-order valence-electron chi connectivity index (χ3n) is 10.2. The number of aliphatic hydroxyl groups is 1. The van der Waals surface area contributed by atoms with Gasteiger partial charge in [-0.25, -0.2) is 4.79 Å². The zero-order valence-corrected chi connectivity index (χ0v) is 37.9. The molecule has 0 radical (unpaired) electrons. The predicted octanol–water partition coefficient (Wildman–Crippen LogP) is 12.3. The SMILES string of the molecule is CC/C=C\C/C=C\C/C=C\C/C=C\CCC(CCCCCCCC(=O)NCC(=O)NC(CO)C(=O)O)OC(=O)CCCCCCCCCCC/C=C\C/C=C\CCCCC. The fourth-order valence-electron chi connectivity index (χ4n) is 6.56. The largest absolute Gasteiger partial charge is 0.480 e. The lowest BCUT2D eigenvalue weighted by atomic mass is 10.0. The zero-order valence-electron chi connectivity index (χ0n) is 37.9. The van der Waals surface area contributed by atoms with E-state index in [0.29, 0.717) is 12.8 Å². The van der Waals surface area contributed by atoms with E-state index >= 15 is 0 Å². The Kier molecular flexibility index (Phi) is 42.0. The quantitative estimate of drug-likeness (QED) is 0.0272. The molecule has 0 spiro atoms. The fourth-order valence-corrected chi connectivity index (χ4v) is 6.56. The number of unbranched alkanes of at least 4 members (excludes halogenated alkanes) is 16. The predicted molar refractivity (Wildman–Crippen MR) is 250 cm³/mol. The maximum absolute atomic E-state index is 12.8. The third kappa shape index (κ3) is 41.0. The molecule has 0 bridgehead atoms. The molecule has 0 aliphatic carbocycles. The smallest absolute Gasteiger partial charge is 0.328 e. The Hall–Kier alpha value is -3.72. The minimum absolute atomic E-state index is 0.0864. The number of esters is 1. The van der Waals surface area contributed by atoms with Crippen LogP contribution in [0.25, 0.3) is 0 Å². The third-order valence-corrected chi connectivity index (χ3v) is 10.2. The molecule has 0 rings (SSSR count). The van der Waals surface area contributed by atoms with Crippen LogP contribution in [0.15, 0.2) is 72.9 Å². The van der Waals surface area contributed by atoms with Crippen molar-refractivity contribution < 1.29 is 34.1 Å². The van der Waals surface area contributed by atoms with E-state index in [1.807, 2.05) is 0 Å². The van der Waals surface area contributed by atoms with Crippen LogP contribution in [0, 0.1) is 0 Å². The van der Waals surface area contributed by atoms with Crippen molar-refractivity contribution in [3.05, 3.63) is 72.9 Å². The summed E-state index contributed by atoms with van der Waals surface area (Å²) in [6.07, 6.45) is 56.5. The van der Waals surface area contributed by atoms with Crippen LogP contribution in [-0.4, -0.2) is 59.3 Å². The lowest BCUT2D eigenvalue weighted by molar-refractivity contribution is -0.150. The highest BCUT2D eigenvalue weighted by Gasteiger charge is 2.19. The molecule has 2 atom stereocenters. The van der Waals surface area contributed by atoms with Crippen LogP contribution >= 0.6 is 0 Å². The van der Waals surface area contributed by atoms with E-state index < -0.39 is 24.5 Å². The number of rotatable bonds is 42. The molecule has 2 amide bonds. The summed E-state index contributed by atoms with van der Waals surface area (Å²) in [6.45, 7) is 3.33. The normalized spacial score (nSPS) is 13.1. The van der Waals surface area contributed by atoms with E-state index in [1.165, 1.54) is 77.0 Å². The van der Waals surface area contributed by atoms with E-state index in [-0.39, 0.29) is 30.9 Å². The van der Waals surface area contributed by atoms with E-state index in [2.05, 4.69) is 97.4 Å². The maximum atomic E-state index is 12.8. The molecule has 0 aromatic rings. The molecule has 0 saturated carbocycles. The van der Waals surface area contributed by atoms with Gasteiger partial charge in [0, 0.05) is 12.8 Å². The number of carbonyl (C=O) groups excluding carboxylic acids is 3. The highest BCUT2D eigenvalue weighted by molar-refractivity contribution is 5.87. The van der Waals surface area contributed by atoms with Crippen molar-refractivity contribution >= 4 is 23.8 Å². The average Bonchev–Trinajstić information content (AvgIpc) is 3.23. The van der Waals surface area contributed by atoms with Crippen molar-refractivity contribution in [2.24, 2.45) is 0 Å². The summed E-state index contributed by atoms with van der Waals surface area (Å²) in [5.41, 5.74) is 0. The van der Waals surface area contributed by atoms with Gasteiger partial charge in [-0.15, -0.1) is 0 Å². The van der Waals surface area contributed by atoms with Crippen LogP contribution in [0.4, 0.5) is 0 Å². The Labute approximate surface area is 365 Å². The second-order valence-corrected chi connectivity index (χ2v) is 15.8. The van der Waals surface area contributed by atoms with Gasteiger partial charge in [-0.05, 0) is 96.3 Å². The van der Waals surface area contributed by atoms with Gasteiger partial charge in [0.05, 0.1) is 13.2 Å². The topological polar surface area (TPSA) is 142 Å². The lowest BCUT2D eigenvalue weighted by Crippen LogP contribution is -2.47. The Morgan fingerprint density at radius 1 is 0.517 bits per heavy atom. The molecule has 0 aromatic heterocycles. The molecule has 9 heteroatoms. The number of nitrogens with one attached hydrogen (secondary N) is 2. The summed E-state index contributed by atoms with van der Waals surface area (Å²) < 4.78 is 6.00. The molecule has 0 heterocycles. The van der Waals surface area contributed by atoms with Gasteiger partial charge < -0.3 is 25.6 Å². The van der Waals surface area contributed by atoms with E-state index in [0.717, 1.165) is 89.9 Å². The Bertz CT molecular complexity index is 1240. The molecular formula is C51H86N2O7. The van der Waals surface area contributed by atoms with Gasteiger partial charge in [0.15, 0.2) is 0 Å². The number of carboxylic acid groups (broad SMARTS) is 1. The van der Waals surface area contributed by atoms with E-state index in [9.17, 15) is 19.2 Å². The van der Waals surface area contributed by atoms with Gasteiger partial charge in [-0.1, -0.05) is 164 Å². The molecule has 0 aromatic carbocycles. The molecular weight excluding hydrogens is 753 g/mol. The van der Waals surface area contributed by atoms with Crippen LogP contribution in [0.3, 0.4) is 0 Å². The van der Waals surface area contributed by atoms with E-state index in [1.54, 1.807) is 0 Å². The highest BCUT2D eigenvalue weighted by atomic mass is 16.5. The van der Waals surface area contributed by atoms with Gasteiger partial charge in [-0.3, -0.25) is 14.4 Å². The summed E-state index contributed by atoms with van der Waals surface area (Å²) in [5.74, 6) is -2.36. The second kappa shape index (κ2) is 44.8. The lowest BCUT2D eigenvalue weighted by Gasteiger charge is -2.17. The van der Waals surface area contributed by atoms with Gasteiger partial charge in [0.1, 0.15) is 12.1 Å². The van der Waals surface area contributed by atoms with Crippen molar-refractivity contribution in [1.82, 2.24) is 10.6 Å². The molecule has 0 aliphatic rings. The van der Waals surface area contributed by atoms with Crippen molar-refractivity contribution in [2.45, 2.75) is 212 Å². The molecule has 0 fully saturated rings. The monoisotopic (exact) mass is 839 g/mol. The second-order valence-electron chi connectivity index (χ2n) is 15.8. The van der Waals surface area contributed by atoms with Gasteiger partial charge >= 0.3 is 11.9 Å². The number of allylic oxidation sites excluding steroid dienone is 12. The van der Waals surface area contributed by atoms with Gasteiger partial charge in [0.25, 0.3) is 0 Å². The van der Waals surface area contributed by atoms with Crippen molar-refractivity contribution in [1.29, 1.82) is 0 Å². The molecule has 2 unspecified atom stereocenters. The Morgan fingerprint density at radius 3 is 1.52 bits per heavy atom. The zero-order chi connectivity index (χ0) is 44.0. The van der Waals surface area contributed by atoms with Crippen molar-refractivity contribution in [2.75, 3.05) is 13.2 Å². The molecule has 0 aliphatic heterocycles.